The van der Waals surface area contributed by atoms with Crippen molar-refractivity contribution >= 4 is 34.1 Å². The lowest BCUT2D eigenvalue weighted by Crippen LogP contribution is -1.87. The Hall–Kier alpha value is -1.44. The van der Waals surface area contributed by atoms with Crippen LogP contribution in [0.4, 0.5) is 0 Å². The minimum absolute atomic E-state index is 0.785. The highest BCUT2D eigenvalue weighted by Crippen LogP contribution is 2.25. The van der Waals surface area contributed by atoms with Crippen molar-refractivity contribution in [2.45, 2.75) is 4.90 Å². The monoisotopic (exact) mass is 297 g/mol. The molecular formula is C18H14ClS. The molecule has 3 aromatic rings. The van der Waals surface area contributed by atoms with Crippen molar-refractivity contribution in [1.29, 1.82) is 0 Å². The first-order valence-electron chi connectivity index (χ1n) is 6.52. The van der Waals surface area contributed by atoms with Gasteiger partial charge in [0.25, 0.3) is 0 Å². The second kappa shape index (κ2) is 6.34. The summed E-state index contributed by atoms with van der Waals surface area (Å²) in [6, 6.07) is 22.9. The summed E-state index contributed by atoms with van der Waals surface area (Å²) in [5, 5.41) is 3.39. The molecule has 0 nitrogen and oxygen atoms in total. The van der Waals surface area contributed by atoms with Crippen LogP contribution in [-0.2, 0) is 0 Å². The van der Waals surface area contributed by atoms with Crippen LogP contribution in [0.1, 0.15) is 5.56 Å². The molecule has 0 saturated carbocycles. The van der Waals surface area contributed by atoms with Gasteiger partial charge in [-0.15, -0.1) is 11.8 Å². The largest absolute Gasteiger partial charge is 0.126 e. The van der Waals surface area contributed by atoms with Crippen LogP contribution in [0.5, 0.6) is 0 Å². The second-order valence-electron chi connectivity index (χ2n) is 4.54. The van der Waals surface area contributed by atoms with E-state index in [0.29, 0.717) is 0 Å². The third-order valence-corrected chi connectivity index (χ3v) is 4.38. The van der Waals surface area contributed by atoms with Gasteiger partial charge < -0.3 is 0 Å². The number of fused-ring (bicyclic) bond motifs is 1. The first kappa shape index (κ1) is 13.5. The summed E-state index contributed by atoms with van der Waals surface area (Å²) in [4.78, 5) is 1.24. The molecule has 99 valence electrons. The van der Waals surface area contributed by atoms with E-state index in [4.69, 9.17) is 11.6 Å². The summed E-state index contributed by atoms with van der Waals surface area (Å²) in [7, 11) is 0. The third kappa shape index (κ3) is 3.17. The molecule has 0 bridgehead atoms. The van der Waals surface area contributed by atoms with Gasteiger partial charge in [-0.1, -0.05) is 54.1 Å². The summed E-state index contributed by atoms with van der Waals surface area (Å²) >= 11 is 7.71. The van der Waals surface area contributed by atoms with Crippen molar-refractivity contribution < 1.29 is 0 Å². The average molecular weight is 298 g/mol. The smallest absolute Gasteiger partial charge is 0.0406 e. The van der Waals surface area contributed by atoms with Crippen LogP contribution in [0.25, 0.3) is 10.8 Å². The number of halogens is 1. The van der Waals surface area contributed by atoms with E-state index < -0.39 is 0 Å². The minimum atomic E-state index is 0.785. The first-order chi connectivity index (χ1) is 9.83. The fraction of sp³-hybridized carbons (Fsp3) is 0.0556. The first-order valence-corrected chi connectivity index (χ1v) is 7.89. The van der Waals surface area contributed by atoms with E-state index in [1.165, 1.54) is 21.2 Å². The van der Waals surface area contributed by atoms with Crippen LogP contribution in [-0.4, -0.2) is 5.75 Å². The number of rotatable bonds is 4. The zero-order chi connectivity index (χ0) is 13.8. The van der Waals surface area contributed by atoms with Crippen molar-refractivity contribution in [2.75, 3.05) is 5.75 Å². The summed E-state index contributed by atoms with van der Waals surface area (Å²) in [6.07, 6.45) is 2.28. The normalized spacial score (nSPS) is 10.8. The van der Waals surface area contributed by atoms with Crippen LogP contribution in [0.2, 0.25) is 5.02 Å². The number of hydrogen-bond donors (Lipinski definition) is 0. The highest BCUT2D eigenvalue weighted by Gasteiger charge is 2.01. The Morgan fingerprint density at radius 3 is 2.45 bits per heavy atom. The van der Waals surface area contributed by atoms with Crippen molar-refractivity contribution in [1.82, 2.24) is 0 Å². The van der Waals surface area contributed by atoms with Crippen LogP contribution >= 0.6 is 23.4 Å². The maximum Gasteiger partial charge on any atom is 0.0406 e. The Kier molecular flexibility index (Phi) is 4.29. The molecule has 20 heavy (non-hydrogen) atoms. The molecular weight excluding hydrogens is 284 g/mol. The Morgan fingerprint density at radius 2 is 1.60 bits per heavy atom. The molecule has 3 rings (SSSR count). The lowest BCUT2D eigenvalue weighted by atomic mass is 10.0. The van der Waals surface area contributed by atoms with Gasteiger partial charge in [0, 0.05) is 22.1 Å². The van der Waals surface area contributed by atoms with Gasteiger partial charge in [0.05, 0.1) is 0 Å². The van der Waals surface area contributed by atoms with Crippen molar-refractivity contribution in [2.24, 2.45) is 0 Å². The van der Waals surface area contributed by atoms with Crippen molar-refractivity contribution in [3.05, 3.63) is 83.7 Å². The van der Waals surface area contributed by atoms with Crippen LogP contribution < -0.4 is 0 Å². The molecule has 0 amide bonds. The van der Waals surface area contributed by atoms with E-state index in [9.17, 15) is 0 Å². The van der Waals surface area contributed by atoms with Gasteiger partial charge in [-0.25, -0.2) is 0 Å². The lowest BCUT2D eigenvalue weighted by Gasteiger charge is -2.06. The van der Waals surface area contributed by atoms with Crippen LogP contribution in [0.15, 0.2) is 71.6 Å². The molecule has 0 N–H and O–H groups in total. The van der Waals surface area contributed by atoms with Gasteiger partial charge in [0.2, 0.25) is 0 Å². The fourth-order valence-corrected chi connectivity index (χ4v) is 3.10. The Balaban J connectivity index is 1.69. The Bertz CT molecular complexity index is 699. The second-order valence-corrected chi connectivity index (χ2v) is 6.07. The van der Waals surface area contributed by atoms with Gasteiger partial charge in [-0.3, -0.25) is 0 Å². The van der Waals surface area contributed by atoms with E-state index in [-0.39, 0.29) is 0 Å². The quantitative estimate of drug-likeness (QED) is 0.545. The number of benzene rings is 3. The highest BCUT2D eigenvalue weighted by atomic mass is 35.5. The molecule has 0 aliphatic heterocycles. The Labute approximate surface area is 128 Å². The van der Waals surface area contributed by atoms with E-state index in [1.807, 2.05) is 23.9 Å². The predicted octanol–water partition coefficient (Wildman–Crippen LogP) is 5.84. The molecule has 3 aromatic carbocycles. The molecule has 0 aromatic heterocycles. The van der Waals surface area contributed by atoms with Gasteiger partial charge in [0.15, 0.2) is 0 Å². The van der Waals surface area contributed by atoms with Gasteiger partial charge in [0.1, 0.15) is 0 Å². The molecule has 0 unspecified atom stereocenters. The number of thioether (sulfide) groups is 1. The fourth-order valence-electron chi connectivity index (χ4n) is 2.19. The van der Waals surface area contributed by atoms with Gasteiger partial charge >= 0.3 is 0 Å². The van der Waals surface area contributed by atoms with Gasteiger partial charge in [-0.05, 0) is 40.6 Å². The molecule has 0 aliphatic carbocycles. The molecule has 0 heterocycles. The molecule has 0 aliphatic rings. The molecule has 0 spiro atoms. The van der Waals surface area contributed by atoms with E-state index in [2.05, 4.69) is 61.0 Å². The maximum absolute atomic E-state index is 5.89. The van der Waals surface area contributed by atoms with E-state index >= 15 is 0 Å². The predicted molar refractivity (Wildman–Crippen MR) is 89.5 cm³/mol. The topological polar surface area (TPSA) is 0 Å². The van der Waals surface area contributed by atoms with Crippen molar-refractivity contribution in [3.63, 3.8) is 0 Å². The van der Waals surface area contributed by atoms with E-state index in [1.54, 1.807) is 0 Å². The van der Waals surface area contributed by atoms with Gasteiger partial charge in [-0.2, -0.15) is 0 Å². The SMILES string of the molecule is Clc1ccc(SC[CH]c2cccc3ccccc23)cc1. The van der Waals surface area contributed by atoms with Crippen LogP contribution in [0.3, 0.4) is 0 Å². The van der Waals surface area contributed by atoms with E-state index in [0.717, 1.165) is 10.8 Å². The molecule has 1 radical (unpaired) electrons. The summed E-state index contributed by atoms with van der Waals surface area (Å²) in [5.74, 6) is 0.954. The Morgan fingerprint density at radius 1 is 0.850 bits per heavy atom. The van der Waals surface area contributed by atoms with Crippen LogP contribution in [0, 0.1) is 6.42 Å². The third-order valence-electron chi connectivity index (χ3n) is 3.19. The molecule has 0 atom stereocenters. The summed E-state index contributed by atoms with van der Waals surface area (Å²) in [5.41, 5.74) is 1.30. The summed E-state index contributed by atoms with van der Waals surface area (Å²) in [6.45, 7) is 0. The average Bonchev–Trinajstić information content (AvgIpc) is 2.49. The standard InChI is InChI=1S/C18H14ClS/c19-16-8-10-17(11-9-16)20-13-12-15-6-3-5-14-4-1-2-7-18(14)15/h1-12H,13H2. The molecule has 0 saturated heterocycles. The zero-order valence-corrected chi connectivity index (χ0v) is 12.5. The minimum Gasteiger partial charge on any atom is -0.126 e. The lowest BCUT2D eigenvalue weighted by molar-refractivity contribution is 1.42. The zero-order valence-electron chi connectivity index (χ0n) is 10.9. The number of hydrogen-bond acceptors (Lipinski definition) is 1. The molecule has 2 heteroatoms. The maximum atomic E-state index is 5.89. The highest BCUT2D eigenvalue weighted by molar-refractivity contribution is 7.99. The van der Waals surface area contributed by atoms with Crippen molar-refractivity contribution in [3.8, 4) is 0 Å². The summed E-state index contributed by atoms with van der Waals surface area (Å²) < 4.78 is 0. The molecule has 0 fully saturated rings.